The molecule has 0 saturated carbocycles. The van der Waals surface area contributed by atoms with Gasteiger partial charge in [-0.15, -0.1) is 0 Å². The smallest absolute Gasteiger partial charge is 0.270 e. The van der Waals surface area contributed by atoms with Crippen LogP contribution < -0.4 is 9.88 Å². The number of Topliss-reactive ketones (excluding diaryl/α,β-unsaturated/α-hetero) is 1. The van der Waals surface area contributed by atoms with E-state index in [1.54, 1.807) is 4.57 Å². The Kier molecular flexibility index (Phi) is 6.04. The number of rotatable bonds is 6. The Bertz CT molecular complexity index is 942. The number of carbonyl (C=O) groups is 1. The zero-order chi connectivity index (χ0) is 19.2. The summed E-state index contributed by atoms with van der Waals surface area (Å²) in [6.07, 6.45) is 3.73. The first-order valence-electron chi connectivity index (χ1n) is 8.74. The van der Waals surface area contributed by atoms with Crippen LogP contribution in [0.1, 0.15) is 23.3 Å². The normalized spacial score (nSPS) is 11.6. The monoisotopic (exact) mass is 379 g/mol. The molecule has 0 aliphatic rings. The maximum absolute atomic E-state index is 13.2. The lowest BCUT2D eigenvalue weighted by atomic mass is 10.0. The molecule has 1 aromatic heterocycles. The Morgan fingerprint density at radius 2 is 1.70 bits per heavy atom. The minimum atomic E-state index is -0.700. The van der Waals surface area contributed by atoms with E-state index in [0.29, 0.717) is 17.1 Å². The third-order valence-corrected chi connectivity index (χ3v) is 4.57. The topological polar surface area (TPSA) is 33.0 Å². The summed E-state index contributed by atoms with van der Waals surface area (Å²) in [7, 11) is 0. The van der Waals surface area contributed by atoms with Crippen molar-refractivity contribution in [3.8, 4) is 11.1 Å². The number of aromatic nitrogens is 1. The molecule has 5 heteroatoms. The molecule has 27 heavy (non-hydrogen) atoms. The predicted molar refractivity (Wildman–Crippen MR) is 108 cm³/mol. The molecule has 0 spiro atoms. The summed E-state index contributed by atoms with van der Waals surface area (Å²) in [5.74, 6) is -0.563. The number of halogens is 1. The molecule has 1 heterocycles. The predicted octanol–water partition coefficient (Wildman–Crippen LogP) is 4.14. The fourth-order valence-electron chi connectivity index (χ4n) is 2.89. The van der Waals surface area contributed by atoms with Crippen LogP contribution in [0.2, 0.25) is 0 Å². The average molecular weight is 379 g/mol. The van der Waals surface area contributed by atoms with E-state index in [2.05, 4.69) is 5.32 Å². The van der Waals surface area contributed by atoms with Crippen molar-refractivity contribution < 1.29 is 13.8 Å². The number of hydrogen-bond donors (Lipinski definition) is 1. The van der Waals surface area contributed by atoms with E-state index in [-0.39, 0.29) is 11.6 Å². The van der Waals surface area contributed by atoms with Gasteiger partial charge in [0.2, 0.25) is 5.78 Å². The van der Waals surface area contributed by atoms with Crippen LogP contribution in [0.15, 0.2) is 79.1 Å². The zero-order valence-electron chi connectivity index (χ0n) is 14.9. The van der Waals surface area contributed by atoms with E-state index in [1.165, 1.54) is 24.3 Å². The van der Waals surface area contributed by atoms with Crippen molar-refractivity contribution in [3.05, 3.63) is 90.5 Å². The summed E-state index contributed by atoms with van der Waals surface area (Å²) in [4.78, 5) is 13.6. The minimum Gasteiger partial charge on any atom is -0.374 e. The van der Waals surface area contributed by atoms with Crippen LogP contribution in [0.4, 0.5) is 4.39 Å². The van der Waals surface area contributed by atoms with E-state index < -0.39 is 6.04 Å². The molecule has 0 bridgehead atoms. The van der Waals surface area contributed by atoms with Gasteiger partial charge in [0.15, 0.2) is 17.4 Å². The van der Waals surface area contributed by atoms with Crippen LogP contribution in [0.25, 0.3) is 11.1 Å². The van der Waals surface area contributed by atoms with Crippen molar-refractivity contribution in [1.82, 2.24) is 5.32 Å². The maximum atomic E-state index is 13.2. The van der Waals surface area contributed by atoms with Gasteiger partial charge in [0.25, 0.3) is 6.04 Å². The van der Waals surface area contributed by atoms with Crippen molar-refractivity contribution in [3.63, 3.8) is 0 Å². The molecular weight excluding hydrogens is 359 g/mol. The molecule has 2 aromatic carbocycles. The van der Waals surface area contributed by atoms with Gasteiger partial charge in [-0.25, -0.2) is 4.39 Å². The van der Waals surface area contributed by atoms with Gasteiger partial charge in [-0.2, -0.15) is 4.57 Å². The third kappa shape index (κ3) is 4.44. The van der Waals surface area contributed by atoms with Gasteiger partial charge in [0.05, 0.1) is 0 Å². The lowest BCUT2D eigenvalue weighted by Crippen LogP contribution is -2.51. The fraction of sp³-hybridized carbons (Fsp3) is 0.136. The SMILES string of the molecule is CCNC(=S)C(C(=O)c1ccc(F)cc1)[n+]1cccc(-c2ccccc2)c1. The number of hydrogen-bond acceptors (Lipinski definition) is 2. The summed E-state index contributed by atoms with van der Waals surface area (Å²) < 4.78 is 15.0. The number of thiocarbonyl (C=S) groups is 1. The Morgan fingerprint density at radius 3 is 2.37 bits per heavy atom. The third-order valence-electron chi connectivity index (χ3n) is 4.20. The van der Waals surface area contributed by atoms with Crippen LogP contribution in [0.3, 0.4) is 0 Å². The number of ketones is 1. The number of carbonyl (C=O) groups excluding carboxylic acids is 1. The number of benzene rings is 2. The summed E-state index contributed by atoms with van der Waals surface area (Å²) >= 11 is 5.49. The highest BCUT2D eigenvalue weighted by Gasteiger charge is 2.33. The van der Waals surface area contributed by atoms with E-state index in [0.717, 1.165) is 11.1 Å². The molecule has 3 nitrogen and oxygen atoms in total. The van der Waals surface area contributed by atoms with Gasteiger partial charge in [-0.05, 0) is 42.8 Å². The number of nitrogens with one attached hydrogen (secondary N) is 1. The maximum Gasteiger partial charge on any atom is 0.270 e. The summed E-state index contributed by atoms with van der Waals surface area (Å²) in [5.41, 5.74) is 2.45. The van der Waals surface area contributed by atoms with Gasteiger partial charge in [0.1, 0.15) is 5.82 Å². The first-order valence-corrected chi connectivity index (χ1v) is 9.14. The Morgan fingerprint density at radius 1 is 1.04 bits per heavy atom. The molecule has 1 unspecified atom stereocenters. The summed E-state index contributed by atoms with van der Waals surface area (Å²) in [5, 5.41) is 3.08. The quantitative estimate of drug-likeness (QED) is 0.397. The van der Waals surface area contributed by atoms with E-state index in [9.17, 15) is 9.18 Å². The molecule has 0 amide bonds. The summed E-state index contributed by atoms with van der Waals surface area (Å²) in [6, 6.07) is 18.6. The number of pyridine rings is 1. The molecule has 0 radical (unpaired) electrons. The van der Waals surface area contributed by atoms with Gasteiger partial charge >= 0.3 is 0 Å². The molecular formula is C22H20FN2OS+. The van der Waals surface area contributed by atoms with Crippen LogP contribution in [0.5, 0.6) is 0 Å². The van der Waals surface area contributed by atoms with E-state index in [1.807, 2.05) is 61.8 Å². The Labute approximate surface area is 163 Å². The molecule has 0 aliphatic heterocycles. The van der Waals surface area contributed by atoms with Crippen LogP contribution in [-0.2, 0) is 0 Å². The molecule has 0 saturated heterocycles. The number of likely N-dealkylation sites (N-methyl/N-ethyl adjacent to an activating group) is 1. The molecule has 1 atom stereocenters. The van der Waals surface area contributed by atoms with Crippen molar-refractivity contribution in [2.45, 2.75) is 13.0 Å². The van der Waals surface area contributed by atoms with Crippen molar-refractivity contribution in [2.24, 2.45) is 0 Å². The zero-order valence-corrected chi connectivity index (χ0v) is 15.7. The highest BCUT2D eigenvalue weighted by molar-refractivity contribution is 7.80. The highest BCUT2D eigenvalue weighted by Crippen LogP contribution is 2.18. The van der Waals surface area contributed by atoms with E-state index in [4.69, 9.17) is 12.2 Å². The van der Waals surface area contributed by atoms with E-state index >= 15 is 0 Å². The molecule has 0 fully saturated rings. The lowest BCUT2D eigenvalue weighted by molar-refractivity contribution is -0.691. The molecule has 136 valence electrons. The second kappa shape index (κ2) is 8.64. The Hall–Kier alpha value is -2.92. The standard InChI is InChI=1S/C22H19FN2OS/c1-2-24-22(27)20(21(26)17-10-12-19(23)13-11-17)25-14-6-9-18(15-25)16-7-4-3-5-8-16/h3-15,20H,2H2,1H3/p+1. The van der Waals surface area contributed by atoms with Gasteiger partial charge in [0, 0.05) is 23.7 Å². The second-order valence-electron chi connectivity index (χ2n) is 6.07. The van der Waals surface area contributed by atoms with Gasteiger partial charge in [-0.1, -0.05) is 42.5 Å². The molecule has 0 aliphatic carbocycles. The van der Waals surface area contributed by atoms with Crippen LogP contribution in [0, 0.1) is 5.82 Å². The minimum absolute atomic E-state index is 0.184. The van der Waals surface area contributed by atoms with Crippen LogP contribution in [-0.4, -0.2) is 17.3 Å². The van der Waals surface area contributed by atoms with Crippen molar-refractivity contribution in [1.29, 1.82) is 0 Å². The van der Waals surface area contributed by atoms with Gasteiger partial charge < -0.3 is 5.32 Å². The average Bonchev–Trinajstić information content (AvgIpc) is 2.70. The Balaban J connectivity index is 2.02. The molecule has 3 aromatic rings. The van der Waals surface area contributed by atoms with Crippen molar-refractivity contribution >= 4 is 23.0 Å². The second-order valence-corrected chi connectivity index (χ2v) is 6.51. The van der Waals surface area contributed by atoms with Crippen molar-refractivity contribution in [2.75, 3.05) is 6.54 Å². The van der Waals surface area contributed by atoms with Gasteiger partial charge in [-0.3, -0.25) is 4.79 Å². The first-order chi connectivity index (χ1) is 13.1. The highest BCUT2D eigenvalue weighted by atomic mass is 32.1. The molecule has 1 N–H and O–H groups in total. The summed E-state index contributed by atoms with van der Waals surface area (Å²) in [6.45, 7) is 2.54. The number of nitrogens with zero attached hydrogens (tertiary/aromatic N) is 1. The van der Waals surface area contributed by atoms with Crippen LogP contribution >= 0.6 is 12.2 Å². The fourth-order valence-corrected chi connectivity index (χ4v) is 3.26. The first kappa shape index (κ1) is 18.9. The lowest BCUT2D eigenvalue weighted by Gasteiger charge is -2.14. The molecule has 3 rings (SSSR count). The largest absolute Gasteiger partial charge is 0.374 e.